The summed E-state index contributed by atoms with van der Waals surface area (Å²) in [7, 11) is 3.14. The van der Waals surface area contributed by atoms with Gasteiger partial charge in [-0.3, -0.25) is 9.69 Å². The minimum Gasteiger partial charge on any atom is -0.493 e. The van der Waals surface area contributed by atoms with Crippen molar-refractivity contribution in [1.29, 1.82) is 0 Å². The first-order chi connectivity index (χ1) is 15.0. The van der Waals surface area contributed by atoms with Gasteiger partial charge in [0, 0.05) is 37.5 Å². The van der Waals surface area contributed by atoms with Crippen molar-refractivity contribution in [2.75, 3.05) is 40.5 Å². The number of hydrogen-bond acceptors (Lipinski definition) is 5. The molecule has 6 nitrogen and oxygen atoms in total. The van der Waals surface area contributed by atoms with E-state index in [0.717, 1.165) is 5.56 Å². The molecule has 31 heavy (non-hydrogen) atoms. The van der Waals surface area contributed by atoms with Gasteiger partial charge in [0.15, 0.2) is 11.5 Å². The minimum atomic E-state index is -0.910. The van der Waals surface area contributed by atoms with Gasteiger partial charge in [0.1, 0.15) is 11.6 Å². The average Bonchev–Trinajstić information content (AvgIpc) is 2.95. The number of carbonyl (C=O) groups excluding carboxylic acids is 1. The highest BCUT2D eigenvalue weighted by Crippen LogP contribution is 2.40. The van der Waals surface area contributed by atoms with Crippen molar-refractivity contribution in [3.8, 4) is 11.5 Å². The second kappa shape index (κ2) is 8.80. The van der Waals surface area contributed by atoms with E-state index in [9.17, 15) is 13.6 Å². The first-order valence-corrected chi connectivity index (χ1v) is 10.2. The second-order valence-corrected chi connectivity index (χ2v) is 8.05. The quantitative estimate of drug-likeness (QED) is 0.788. The molecule has 0 aromatic heterocycles. The zero-order valence-electron chi connectivity index (χ0n) is 17.6. The van der Waals surface area contributed by atoms with Gasteiger partial charge in [0.05, 0.1) is 33.0 Å². The van der Waals surface area contributed by atoms with Crippen LogP contribution in [0.5, 0.6) is 11.5 Å². The van der Waals surface area contributed by atoms with Crippen molar-refractivity contribution >= 4 is 5.91 Å². The minimum absolute atomic E-state index is 0.0110. The topological polar surface area (TPSA) is 60.0 Å². The fraction of sp³-hybridized carbons (Fsp3) is 0.435. The number of rotatable bonds is 5. The molecule has 2 heterocycles. The van der Waals surface area contributed by atoms with Gasteiger partial charge in [-0.15, -0.1) is 0 Å². The molecule has 0 unspecified atom stereocenters. The van der Waals surface area contributed by atoms with E-state index < -0.39 is 23.1 Å². The number of benzene rings is 2. The summed E-state index contributed by atoms with van der Waals surface area (Å²) in [5, 5.41) is 3.03. The molecule has 2 fully saturated rings. The molecule has 1 spiro atoms. The van der Waals surface area contributed by atoms with Crippen LogP contribution in [0.3, 0.4) is 0 Å². The van der Waals surface area contributed by atoms with Crippen LogP contribution < -0.4 is 14.8 Å². The smallest absolute Gasteiger partial charge is 0.222 e. The van der Waals surface area contributed by atoms with Crippen molar-refractivity contribution in [3.05, 3.63) is 59.2 Å². The van der Waals surface area contributed by atoms with E-state index in [1.807, 2.05) is 18.2 Å². The van der Waals surface area contributed by atoms with Gasteiger partial charge in [-0.1, -0.05) is 12.1 Å². The number of likely N-dealkylation sites (tertiary alicyclic amines) is 1. The number of nitrogens with one attached hydrogen (secondary N) is 1. The Bertz CT molecular complexity index is 950. The lowest BCUT2D eigenvalue weighted by Gasteiger charge is -2.34. The Labute approximate surface area is 180 Å². The summed E-state index contributed by atoms with van der Waals surface area (Å²) >= 11 is 0. The molecule has 166 valence electrons. The molecule has 8 heteroatoms. The SMILES string of the molecule is COc1ccc(CN2C[C@@H](c3c(F)cccc3F)[C@@]3(COCCC(=O)N3)C2)cc1OC. The highest BCUT2D eigenvalue weighted by Gasteiger charge is 2.51. The van der Waals surface area contributed by atoms with Crippen LogP contribution >= 0.6 is 0 Å². The second-order valence-electron chi connectivity index (χ2n) is 8.05. The Morgan fingerprint density at radius 1 is 1.16 bits per heavy atom. The molecule has 2 aromatic carbocycles. The summed E-state index contributed by atoms with van der Waals surface area (Å²) in [5.41, 5.74) is 0.0409. The molecule has 2 atom stereocenters. The van der Waals surface area contributed by atoms with Crippen molar-refractivity contribution in [2.24, 2.45) is 0 Å². The molecule has 2 aliphatic heterocycles. The Morgan fingerprint density at radius 2 is 1.90 bits per heavy atom. The highest BCUT2D eigenvalue weighted by molar-refractivity contribution is 5.77. The lowest BCUT2D eigenvalue weighted by Crippen LogP contribution is -2.55. The summed E-state index contributed by atoms with van der Waals surface area (Å²) in [6, 6.07) is 9.48. The maximum atomic E-state index is 14.7. The predicted octanol–water partition coefficient (Wildman–Crippen LogP) is 2.86. The molecule has 4 rings (SSSR count). The Kier molecular flexibility index (Phi) is 6.11. The van der Waals surface area contributed by atoms with Crippen LogP contribution in [0.1, 0.15) is 23.5 Å². The first kappa shape index (κ1) is 21.5. The molecular formula is C23H26F2N2O4. The van der Waals surface area contributed by atoms with Crippen LogP contribution in [-0.4, -0.2) is 56.9 Å². The van der Waals surface area contributed by atoms with Crippen molar-refractivity contribution in [3.63, 3.8) is 0 Å². The summed E-state index contributed by atoms with van der Waals surface area (Å²) in [4.78, 5) is 14.5. The molecule has 0 radical (unpaired) electrons. The third-order valence-electron chi connectivity index (χ3n) is 6.04. The van der Waals surface area contributed by atoms with Gasteiger partial charge in [-0.2, -0.15) is 0 Å². The Balaban J connectivity index is 1.67. The van der Waals surface area contributed by atoms with Crippen molar-refractivity contribution in [1.82, 2.24) is 10.2 Å². The van der Waals surface area contributed by atoms with E-state index in [0.29, 0.717) is 31.1 Å². The highest BCUT2D eigenvalue weighted by atomic mass is 19.1. The van der Waals surface area contributed by atoms with Gasteiger partial charge in [-0.25, -0.2) is 8.78 Å². The summed E-state index contributed by atoms with van der Waals surface area (Å²) in [5.74, 6) is -0.758. The molecule has 2 saturated heterocycles. The number of ether oxygens (including phenoxy) is 3. The number of hydrogen-bond donors (Lipinski definition) is 1. The number of amides is 1. The summed E-state index contributed by atoms with van der Waals surface area (Å²) < 4.78 is 45.8. The molecule has 0 bridgehead atoms. The number of methoxy groups -OCH3 is 2. The van der Waals surface area contributed by atoms with E-state index in [4.69, 9.17) is 14.2 Å². The van der Waals surface area contributed by atoms with E-state index in [1.54, 1.807) is 14.2 Å². The monoisotopic (exact) mass is 432 g/mol. The molecule has 0 saturated carbocycles. The van der Waals surface area contributed by atoms with Crippen LogP contribution in [0.4, 0.5) is 8.78 Å². The van der Waals surface area contributed by atoms with E-state index in [-0.39, 0.29) is 31.1 Å². The number of carbonyl (C=O) groups is 1. The first-order valence-electron chi connectivity index (χ1n) is 10.2. The summed E-state index contributed by atoms with van der Waals surface area (Å²) in [6.45, 7) is 1.78. The predicted molar refractivity (Wildman–Crippen MR) is 110 cm³/mol. The maximum absolute atomic E-state index is 14.7. The summed E-state index contributed by atoms with van der Waals surface area (Å²) in [6.07, 6.45) is 0.226. The lowest BCUT2D eigenvalue weighted by molar-refractivity contribution is -0.122. The van der Waals surface area contributed by atoms with Gasteiger partial charge in [0.25, 0.3) is 0 Å². The van der Waals surface area contributed by atoms with Crippen LogP contribution in [0.2, 0.25) is 0 Å². The normalized spacial score (nSPS) is 24.1. The van der Waals surface area contributed by atoms with E-state index >= 15 is 0 Å². The molecule has 1 N–H and O–H groups in total. The molecule has 0 aliphatic carbocycles. The van der Waals surface area contributed by atoms with E-state index in [2.05, 4.69) is 10.2 Å². The van der Waals surface area contributed by atoms with E-state index in [1.165, 1.54) is 18.2 Å². The number of nitrogens with zero attached hydrogens (tertiary/aromatic N) is 1. The molecular weight excluding hydrogens is 406 g/mol. The zero-order chi connectivity index (χ0) is 22.0. The standard InChI is InChI=1S/C23H26F2N2O4/c1-29-19-7-6-15(10-20(19)30-2)11-27-12-16(22-17(24)4-3-5-18(22)25)23(13-27)14-31-9-8-21(28)26-23/h3-7,10,16H,8-9,11-14H2,1-2H3,(H,26,28)/t16-,23-/m0/s1. The van der Waals surface area contributed by atoms with Crippen LogP contribution in [0.25, 0.3) is 0 Å². The average molecular weight is 432 g/mol. The Morgan fingerprint density at radius 3 is 2.61 bits per heavy atom. The van der Waals surface area contributed by atoms with Gasteiger partial charge >= 0.3 is 0 Å². The van der Waals surface area contributed by atoms with Crippen LogP contribution in [0.15, 0.2) is 36.4 Å². The van der Waals surface area contributed by atoms with Crippen molar-refractivity contribution < 1.29 is 27.8 Å². The largest absolute Gasteiger partial charge is 0.493 e. The third-order valence-corrected chi connectivity index (χ3v) is 6.04. The van der Waals surface area contributed by atoms with Crippen molar-refractivity contribution in [2.45, 2.75) is 24.4 Å². The van der Waals surface area contributed by atoms with Crippen LogP contribution in [-0.2, 0) is 16.1 Å². The lowest BCUT2D eigenvalue weighted by atomic mass is 9.81. The fourth-order valence-corrected chi connectivity index (χ4v) is 4.64. The molecule has 1 amide bonds. The number of halogens is 2. The van der Waals surface area contributed by atoms with Gasteiger partial charge in [-0.05, 0) is 29.8 Å². The molecule has 2 aromatic rings. The zero-order valence-corrected chi connectivity index (χ0v) is 17.6. The third kappa shape index (κ3) is 4.22. The fourth-order valence-electron chi connectivity index (χ4n) is 4.64. The van der Waals surface area contributed by atoms with Crippen LogP contribution in [0, 0.1) is 11.6 Å². The van der Waals surface area contributed by atoms with Gasteiger partial charge < -0.3 is 19.5 Å². The van der Waals surface area contributed by atoms with Gasteiger partial charge in [0.2, 0.25) is 5.91 Å². The Hall–Kier alpha value is -2.71. The molecule has 2 aliphatic rings. The maximum Gasteiger partial charge on any atom is 0.222 e.